The molecular formula is C14H28N2O3. The van der Waals surface area contributed by atoms with E-state index in [9.17, 15) is 4.79 Å². The largest absolute Gasteiger partial charge is 0.396 e. The summed E-state index contributed by atoms with van der Waals surface area (Å²) in [6.07, 6.45) is 2.70. The van der Waals surface area contributed by atoms with Crippen molar-refractivity contribution in [2.45, 2.75) is 33.1 Å². The minimum absolute atomic E-state index is 0.0371. The van der Waals surface area contributed by atoms with Gasteiger partial charge in [0.1, 0.15) is 0 Å². The summed E-state index contributed by atoms with van der Waals surface area (Å²) in [7, 11) is 0. The molecule has 1 fully saturated rings. The molecule has 1 rings (SSSR count). The second-order valence-corrected chi connectivity index (χ2v) is 5.35. The van der Waals surface area contributed by atoms with Gasteiger partial charge in [0.25, 0.3) is 0 Å². The summed E-state index contributed by atoms with van der Waals surface area (Å²) in [4.78, 5) is 14.1. The second kappa shape index (κ2) is 8.51. The Morgan fingerprint density at radius 1 is 1.32 bits per heavy atom. The first kappa shape index (κ1) is 16.4. The third kappa shape index (κ3) is 5.47. The summed E-state index contributed by atoms with van der Waals surface area (Å²) < 4.78 is 5.26. The van der Waals surface area contributed by atoms with Gasteiger partial charge in [-0.25, -0.2) is 0 Å². The number of nitrogens with one attached hydrogen (secondary N) is 1. The van der Waals surface area contributed by atoms with Crippen LogP contribution in [0.3, 0.4) is 0 Å². The van der Waals surface area contributed by atoms with E-state index in [4.69, 9.17) is 9.84 Å². The number of hydrogen-bond acceptors (Lipinski definition) is 4. The third-order valence-corrected chi connectivity index (χ3v) is 4.27. The van der Waals surface area contributed by atoms with Crippen LogP contribution in [0.25, 0.3) is 0 Å². The summed E-state index contributed by atoms with van der Waals surface area (Å²) in [5.74, 6) is 0.0751. The number of aliphatic hydroxyl groups is 1. The predicted octanol–water partition coefficient (Wildman–Crippen LogP) is 0.624. The van der Waals surface area contributed by atoms with Crippen LogP contribution in [0.5, 0.6) is 0 Å². The van der Waals surface area contributed by atoms with E-state index in [0.717, 1.165) is 32.4 Å². The lowest BCUT2D eigenvalue weighted by atomic mass is 9.79. The van der Waals surface area contributed by atoms with Crippen molar-refractivity contribution in [3.05, 3.63) is 0 Å². The number of hydrogen-bond donors (Lipinski definition) is 2. The number of nitrogens with zero attached hydrogens (tertiary/aromatic N) is 1. The number of carbonyl (C=O) groups excluding carboxylic acids is 1. The van der Waals surface area contributed by atoms with Crippen molar-refractivity contribution in [1.82, 2.24) is 10.2 Å². The fourth-order valence-corrected chi connectivity index (χ4v) is 2.48. The standard InChI is InChI=1S/C14H28N2O3/c1-3-14(4-2,5-8-17)12-15-13(18)11-16-6-9-19-10-7-16/h17H,3-12H2,1-2H3,(H,15,18). The van der Waals surface area contributed by atoms with Crippen molar-refractivity contribution in [2.24, 2.45) is 5.41 Å². The van der Waals surface area contributed by atoms with E-state index in [2.05, 4.69) is 24.1 Å². The summed E-state index contributed by atoms with van der Waals surface area (Å²) in [6.45, 7) is 8.61. The Labute approximate surface area is 116 Å². The van der Waals surface area contributed by atoms with Gasteiger partial charge in [-0.2, -0.15) is 0 Å². The fourth-order valence-electron chi connectivity index (χ4n) is 2.48. The number of ether oxygens (including phenoxy) is 1. The van der Waals surface area contributed by atoms with Crippen molar-refractivity contribution in [3.8, 4) is 0 Å². The van der Waals surface area contributed by atoms with Gasteiger partial charge in [-0.05, 0) is 24.7 Å². The zero-order valence-electron chi connectivity index (χ0n) is 12.3. The van der Waals surface area contributed by atoms with Crippen LogP contribution in [-0.2, 0) is 9.53 Å². The number of aliphatic hydroxyl groups excluding tert-OH is 1. The molecule has 1 amide bonds. The van der Waals surface area contributed by atoms with Crippen LogP contribution in [0.4, 0.5) is 0 Å². The number of morpholine rings is 1. The van der Waals surface area contributed by atoms with Crippen molar-refractivity contribution in [1.29, 1.82) is 0 Å². The minimum atomic E-state index is 0.0371. The normalized spacial score (nSPS) is 17.4. The molecule has 0 bridgehead atoms. The SMILES string of the molecule is CCC(CC)(CCO)CNC(=O)CN1CCOCC1. The van der Waals surface area contributed by atoms with Crippen LogP contribution >= 0.6 is 0 Å². The summed E-state index contributed by atoms with van der Waals surface area (Å²) in [6, 6.07) is 0. The molecule has 1 aliphatic heterocycles. The lowest BCUT2D eigenvalue weighted by molar-refractivity contribution is -0.123. The first-order valence-electron chi connectivity index (χ1n) is 7.33. The quantitative estimate of drug-likeness (QED) is 0.680. The zero-order valence-corrected chi connectivity index (χ0v) is 12.3. The van der Waals surface area contributed by atoms with Gasteiger partial charge in [0.05, 0.1) is 19.8 Å². The molecule has 0 radical (unpaired) electrons. The average molecular weight is 272 g/mol. The molecule has 0 aromatic heterocycles. The lowest BCUT2D eigenvalue weighted by Crippen LogP contribution is -2.45. The van der Waals surface area contributed by atoms with Gasteiger partial charge in [-0.3, -0.25) is 9.69 Å². The number of rotatable bonds is 8. The van der Waals surface area contributed by atoms with Gasteiger partial charge in [0.15, 0.2) is 0 Å². The minimum Gasteiger partial charge on any atom is -0.396 e. The molecule has 2 N–H and O–H groups in total. The maximum Gasteiger partial charge on any atom is 0.234 e. The molecule has 1 saturated heterocycles. The molecule has 0 spiro atoms. The van der Waals surface area contributed by atoms with E-state index in [1.165, 1.54) is 0 Å². The molecule has 1 aliphatic rings. The van der Waals surface area contributed by atoms with Gasteiger partial charge in [-0.15, -0.1) is 0 Å². The van der Waals surface area contributed by atoms with E-state index in [1.807, 2.05) is 0 Å². The molecule has 0 aromatic carbocycles. The summed E-state index contributed by atoms with van der Waals surface area (Å²) in [5, 5.41) is 12.2. The van der Waals surface area contributed by atoms with Crippen LogP contribution in [0.2, 0.25) is 0 Å². The van der Waals surface area contributed by atoms with E-state index < -0.39 is 0 Å². The zero-order chi connectivity index (χ0) is 14.1. The molecule has 0 atom stereocenters. The monoisotopic (exact) mass is 272 g/mol. The first-order valence-corrected chi connectivity index (χ1v) is 7.33. The molecule has 0 aliphatic carbocycles. The molecular weight excluding hydrogens is 244 g/mol. The molecule has 0 unspecified atom stereocenters. The molecule has 19 heavy (non-hydrogen) atoms. The summed E-state index contributed by atoms with van der Waals surface area (Å²) in [5.41, 5.74) is 0.0371. The molecule has 5 nitrogen and oxygen atoms in total. The summed E-state index contributed by atoms with van der Waals surface area (Å²) >= 11 is 0. The van der Waals surface area contributed by atoms with E-state index >= 15 is 0 Å². The Balaban J connectivity index is 2.34. The second-order valence-electron chi connectivity index (χ2n) is 5.35. The fraction of sp³-hybridized carbons (Fsp3) is 0.929. The van der Waals surface area contributed by atoms with Crippen LogP contribution in [0.1, 0.15) is 33.1 Å². The van der Waals surface area contributed by atoms with E-state index in [-0.39, 0.29) is 17.9 Å². The Morgan fingerprint density at radius 2 is 1.95 bits per heavy atom. The first-order chi connectivity index (χ1) is 9.15. The molecule has 5 heteroatoms. The third-order valence-electron chi connectivity index (χ3n) is 4.27. The van der Waals surface area contributed by atoms with Gasteiger partial charge >= 0.3 is 0 Å². The molecule has 112 valence electrons. The highest BCUT2D eigenvalue weighted by molar-refractivity contribution is 5.78. The van der Waals surface area contributed by atoms with Crippen LogP contribution in [0.15, 0.2) is 0 Å². The maximum absolute atomic E-state index is 11.9. The number of carbonyl (C=O) groups is 1. The molecule has 0 saturated carbocycles. The Morgan fingerprint density at radius 3 is 2.47 bits per heavy atom. The highest BCUT2D eigenvalue weighted by Gasteiger charge is 2.26. The number of amides is 1. The highest BCUT2D eigenvalue weighted by Crippen LogP contribution is 2.29. The van der Waals surface area contributed by atoms with E-state index in [1.54, 1.807) is 0 Å². The highest BCUT2D eigenvalue weighted by atomic mass is 16.5. The van der Waals surface area contributed by atoms with Crippen molar-refractivity contribution < 1.29 is 14.6 Å². The maximum atomic E-state index is 11.9. The van der Waals surface area contributed by atoms with Gasteiger partial charge in [0, 0.05) is 26.2 Å². The van der Waals surface area contributed by atoms with Crippen molar-refractivity contribution >= 4 is 5.91 Å². The smallest absolute Gasteiger partial charge is 0.234 e. The van der Waals surface area contributed by atoms with Gasteiger partial charge < -0.3 is 15.2 Å². The topological polar surface area (TPSA) is 61.8 Å². The average Bonchev–Trinajstić information content (AvgIpc) is 2.45. The van der Waals surface area contributed by atoms with E-state index in [0.29, 0.717) is 26.3 Å². The molecule has 1 heterocycles. The lowest BCUT2D eigenvalue weighted by Gasteiger charge is -2.32. The van der Waals surface area contributed by atoms with Gasteiger partial charge in [0.2, 0.25) is 5.91 Å². The Bertz CT molecular complexity index is 261. The Kier molecular flexibility index (Phi) is 7.34. The van der Waals surface area contributed by atoms with Crippen molar-refractivity contribution in [2.75, 3.05) is 46.0 Å². The van der Waals surface area contributed by atoms with Crippen molar-refractivity contribution in [3.63, 3.8) is 0 Å². The Hall–Kier alpha value is -0.650. The molecule has 0 aromatic rings. The van der Waals surface area contributed by atoms with Gasteiger partial charge in [-0.1, -0.05) is 13.8 Å². The predicted molar refractivity (Wildman–Crippen MR) is 75.0 cm³/mol. The van der Waals surface area contributed by atoms with Crippen LogP contribution in [0, 0.1) is 5.41 Å². The van der Waals surface area contributed by atoms with Crippen LogP contribution < -0.4 is 5.32 Å². The van der Waals surface area contributed by atoms with Crippen LogP contribution in [-0.4, -0.2) is 61.9 Å².